The summed E-state index contributed by atoms with van der Waals surface area (Å²) in [6.07, 6.45) is 4.58. The highest BCUT2D eigenvalue weighted by Gasteiger charge is 2.31. The van der Waals surface area contributed by atoms with Gasteiger partial charge in [0.25, 0.3) is 0 Å². The zero-order valence-corrected chi connectivity index (χ0v) is 35.1. The molecule has 2 amide bonds. The number of carbonyl (C=O) groups excluding carboxylic acids is 3. The van der Waals surface area contributed by atoms with Gasteiger partial charge in [0.2, 0.25) is 23.7 Å². The van der Waals surface area contributed by atoms with Crippen LogP contribution in [0.1, 0.15) is 40.2 Å². The van der Waals surface area contributed by atoms with Crippen molar-refractivity contribution in [2.75, 3.05) is 59.8 Å². The van der Waals surface area contributed by atoms with Crippen molar-refractivity contribution in [3.05, 3.63) is 70.4 Å². The van der Waals surface area contributed by atoms with Crippen LogP contribution < -0.4 is 16.0 Å². The maximum Gasteiger partial charge on any atom is 0.249 e. The first kappa shape index (κ1) is 40.8. The van der Waals surface area contributed by atoms with Gasteiger partial charge in [-0.05, 0) is 74.2 Å². The molecular formula is C38H42N10O7S4. The second-order valence-electron chi connectivity index (χ2n) is 14.7. The van der Waals surface area contributed by atoms with Crippen LogP contribution in [0.5, 0.6) is 0 Å². The Morgan fingerprint density at radius 2 is 1.20 bits per heavy atom. The molecule has 2 aliphatic heterocycles. The lowest BCUT2D eigenvalue weighted by Gasteiger charge is -2.25. The van der Waals surface area contributed by atoms with Gasteiger partial charge in [0.1, 0.15) is 0 Å². The zero-order chi connectivity index (χ0) is 41.1. The molecule has 0 unspecified atom stereocenters. The van der Waals surface area contributed by atoms with Gasteiger partial charge in [-0.3, -0.25) is 29.9 Å². The highest BCUT2D eigenvalue weighted by molar-refractivity contribution is 7.91. The van der Waals surface area contributed by atoms with Crippen LogP contribution in [0, 0.1) is 11.8 Å². The maximum atomic E-state index is 12.0. The third kappa shape index (κ3) is 10.5. The molecule has 0 aromatic carbocycles. The zero-order valence-electron chi connectivity index (χ0n) is 31.8. The minimum Gasteiger partial charge on any atom is -0.315 e. The summed E-state index contributed by atoms with van der Waals surface area (Å²) in [6.45, 7) is 3.16. The molecule has 2 saturated heterocycles. The maximum absolute atomic E-state index is 12.0. The van der Waals surface area contributed by atoms with E-state index in [0.717, 1.165) is 59.7 Å². The summed E-state index contributed by atoms with van der Waals surface area (Å²) in [4.78, 5) is 49.4. The van der Waals surface area contributed by atoms with Crippen LogP contribution in [0.15, 0.2) is 60.7 Å². The molecule has 6 aromatic rings. The Morgan fingerprint density at radius 1 is 0.695 bits per heavy atom. The van der Waals surface area contributed by atoms with Gasteiger partial charge in [0.05, 0.1) is 49.0 Å². The molecule has 10 rings (SSSR count). The van der Waals surface area contributed by atoms with Gasteiger partial charge in [-0.1, -0.05) is 12.1 Å². The number of anilines is 2. The summed E-state index contributed by atoms with van der Waals surface area (Å²) >= 11 is 3.06. The van der Waals surface area contributed by atoms with E-state index in [1.807, 2.05) is 42.5 Å². The van der Waals surface area contributed by atoms with E-state index in [1.54, 1.807) is 26.4 Å². The predicted octanol–water partition coefficient (Wildman–Crippen LogP) is 3.66. The van der Waals surface area contributed by atoms with Gasteiger partial charge in [0.15, 0.2) is 37.3 Å². The molecule has 6 aromatic heterocycles. The first-order valence-electron chi connectivity index (χ1n) is 19.2. The van der Waals surface area contributed by atoms with Gasteiger partial charge in [-0.25, -0.2) is 25.9 Å². The van der Waals surface area contributed by atoms with Crippen molar-refractivity contribution < 1.29 is 31.2 Å². The third-order valence-electron chi connectivity index (χ3n) is 9.99. The number of aldehydes is 1. The molecule has 3 N–H and O–H groups in total. The minimum absolute atomic E-state index is 0.00980. The van der Waals surface area contributed by atoms with Crippen LogP contribution in [0.2, 0.25) is 0 Å². The molecule has 2 aliphatic carbocycles. The smallest absolute Gasteiger partial charge is 0.249 e. The normalized spacial score (nSPS) is 18.6. The molecule has 0 radical (unpaired) electrons. The second-order valence-corrected chi connectivity index (χ2v) is 21.6. The SMILES string of the molecule is O=C(Nc1nc2cccc(-c3ccc(CN4CCS(=O)(=O)CC4)s3)n2n1)C1CC1.O=Cc1ccc(-c2cccc3nc(NC(=O)C4CC4)nn23)s1.O=S1(=O)CCNCC1. The number of nitrogens with one attached hydrogen (secondary N) is 3. The fourth-order valence-corrected chi connectivity index (χ4v) is 10.7. The average Bonchev–Trinajstić information content (AvgIpc) is 4.05. The lowest BCUT2D eigenvalue weighted by atomic mass is 10.3. The molecular weight excluding hydrogens is 837 g/mol. The van der Waals surface area contributed by atoms with Crippen LogP contribution in [0.3, 0.4) is 0 Å². The van der Waals surface area contributed by atoms with Crippen molar-refractivity contribution in [1.29, 1.82) is 0 Å². The van der Waals surface area contributed by atoms with Gasteiger partial charge < -0.3 is 5.32 Å². The van der Waals surface area contributed by atoms with Crippen LogP contribution >= 0.6 is 22.7 Å². The summed E-state index contributed by atoms with van der Waals surface area (Å²) in [5, 5.41) is 17.4. The van der Waals surface area contributed by atoms with E-state index in [-0.39, 0.29) is 35.2 Å². The van der Waals surface area contributed by atoms with Crippen LogP contribution in [0.4, 0.5) is 11.9 Å². The molecule has 21 heteroatoms. The lowest BCUT2D eigenvalue weighted by Crippen LogP contribution is -2.39. The number of pyridine rings is 2. The van der Waals surface area contributed by atoms with E-state index >= 15 is 0 Å². The van der Waals surface area contributed by atoms with E-state index in [4.69, 9.17) is 0 Å². The number of nitrogens with zero attached hydrogens (tertiary/aromatic N) is 7. The van der Waals surface area contributed by atoms with E-state index in [0.29, 0.717) is 65.8 Å². The molecule has 0 atom stereocenters. The van der Waals surface area contributed by atoms with Crippen molar-refractivity contribution >= 4 is 83.6 Å². The van der Waals surface area contributed by atoms with E-state index in [1.165, 1.54) is 16.2 Å². The molecule has 0 spiro atoms. The summed E-state index contributed by atoms with van der Waals surface area (Å²) < 4.78 is 47.9. The fourth-order valence-electron chi connectivity index (χ4n) is 6.37. The number of sulfone groups is 2. The molecule has 4 fully saturated rings. The average molecular weight is 879 g/mol. The number of aromatic nitrogens is 6. The van der Waals surface area contributed by atoms with Gasteiger partial charge in [0, 0.05) is 49.4 Å². The van der Waals surface area contributed by atoms with Crippen molar-refractivity contribution in [3.8, 4) is 21.1 Å². The van der Waals surface area contributed by atoms with E-state index < -0.39 is 19.7 Å². The van der Waals surface area contributed by atoms with Gasteiger partial charge in [-0.2, -0.15) is 9.97 Å². The molecule has 17 nitrogen and oxygen atoms in total. The fraction of sp³-hybridized carbons (Fsp3) is 0.395. The number of amides is 2. The highest BCUT2D eigenvalue weighted by Crippen LogP contribution is 2.33. The molecule has 4 aliphatic rings. The summed E-state index contributed by atoms with van der Waals surface area (Å²) in [7, 11) is -5.51. The topological polar surface area (TPSA) is 219 Å². The lowest BCUT2D eigenvalue weighted by molar-refractivity contribution is -0.118. The molecule has 0 bridgehead atoms. The Bertz CT molecular complexity index is 2710. The van der Waals surface area contributed by atoms with Crippen LogP contribution in [-0.2, 0) is 35.8 Å². The minimum atomic E-state index is -2.86. The van der Waals surface area contributed by atoms with Gasteiger partial charge in [-0.15, -0.1) is 32.9 Å². The monoisotopic (exact) mass is 878 g/mol. The molecule has 59 heavy (non-hydrogen) atoms. The number of thiophene rings is 2. The quantitative estimate of drug-likeness (QED) is 0.177. The van der Waals surface area contributed by atoms with Crippen molar-refractivity contribution in [3.63, 3.8) is 0 Å². The number of fused-ring (bicyclic) bond motifs is 2. The Hall–Kier alpha value is -4.93. The standard InChI is InChI=1S/C19H21N5O3S2.C15H12N4O2S.C4H9NO2S/c25-18(13-4-5-13)21-19-20-17-3-1-2-15(24(17)22-19)16-7-6-14(28-16)12-23-8-10-29(26,27)11-9-23;20-8-10-6-7-12(22-10)11-2-1-3-13-16-15(18-19(11)13)17-14(21)9-4-5-9;6-8(7)3-1-5-2-4-8/h1-3,6-7,13H,4-5,8-12H2,(H,21,22,25);1-3,6-9H,4-5H2,(H,17,18,21);5H,1-4H2. The van der Waals surface area contributed by atoms with E-state index in [9.17, 15) is 31.2 Å². The van der Waals surface area contributed by atoms with Crippen molar-refractivity contribution in [1.82, 2.24) is 39.4 Å². The largest absolute Gasteiger partial charge is 0.315 e. The third-order valence-corrected chi connectivity index (χ3v) is 15.4. The Labute approximate surface area is 348 Å². The van der Waals surface area contributed by atoms with Crippen LogP contribution in [0.25, 0.3) is 32.4 Å². The predicted molar refractivity (Wildman–Crippen MR) is 226 cm³/mol. The van der Waals surface area contributed by atoms with Gasteiger partial charge >= 0.3 is 0 Å². The Morgan fingerprint density at radius 3 is 1.68 bits per heavy atom. The molecule has 310 valence electrons. The van der Waals surface area contributed by atoms with Crippen molar-refractivity contribution in [2.24, 2.45) is 11.8 Å². The summed E-state index contributed by atoms with van der Waals surface area (Å²) in [5.74, 6) is 1.93. The Kier molecular flexibility index (Phi) is 12.0. The number of hydrogen-bond acceptors (Lipinski definition) is 15. The van der Waals surface area contributed by atoms with Crippen LogP contribution in [-0.4, -0.2) is 118 Å². The number of hydrogen-bond donors (Lipinski definition) is 3. The second kappa shape index (κ2) is 17.3. The highest BCUT2D eigenvalue weighted by atomic mass is 32.2. The van der Waals surface area contributed by atoms with E-state index in [2.05, 4.69) is 53.1 Å². The summed E-state index contributed by atoms with van der Waals surface area (Å²) in [6, 6.07) is 19.2. The molecule has 8 heterocycles. The first-order chi connectivity index (χ1) is 28.4. The number of rotatable bonds is 9. The molecule has 2 saturated carbocycles. The Balaban J connectivity index is 0.000000142. The first-order valence-corrected chi connectivity index (χ1v) is 24.5. The summed E-state index contributed by atoms with van der Waals surface area (Å²) in [5.41, 5.74) is 3.10. The van der Waals surface area contributed by atoms with Crippen molar-refractivity contribution in [2.45, 2.75) is 32.2 Å². The number of carbonyl (C=O) groups is 3.